The van der Waals surface area contributed by atoms with E-state index in [1.807, 2.05) is 0 Å². The van der Waals surface area contributed by atoms with Crippen molar-refractivity contribution in [2.24, 2.45) is 5.92 Å². The summed E-state index contributed by atoms with van der Waals surface area (Å²) >= 11 is 0. The lowest BCUT2D eigenvalue weighted by Crippen LogP contribution is -2.18. The maximum Gasteiger partial charge on any atom is 0.171 e. The van der Waals surface area contributed by atoms with Gasteiger partial charge in [0.2, 0.25) is 0 Å². The molecule has 1 atom stereocenters. The molecule has 0 aromatic rings. The molecule has 0 saturated carbocycles. The van der Waals surface area contributed by atoms with E-state index in [1.54, 1.807) is 0 Å². The van der Waals surface area contributed by atoms with Crippen molar-refractivity contribution in [1.29, 1.82) is 0 Å². The Morgan fingerprint density at radius 3 is 2.90 bits per heavy atom. The molecule has 1 fully saturated rings. The fraction of sp³-hybridized carbons (Fsp3) is 0.556. The Labute approximate surface area is 61.4 Å². The monoisotopic (exact) mass is 136 g/mol. The molecule has 1 heteroatoms. The Balaban J connectivity index is 2.24. The van der Waals surface area contributed by atoms with Crippen molar-refractivity contribution < 1.29 is 4.74 Å². The van der Waals surface area contributed by atoms with Gasteiger partial charge in [0.05, 0.1) is 0 Å². The molecular formula is C9H12O. The Bertz CT molecular complexity index is 213. The third kappa shape index (κ3) is 0.578. The number of hydrogen-bond donors (Lipinski definition) is 0. The molecule has 1 nitrogen and oxygen atoms in total. The molecule has 0 N–H and O–H groups in total. The topological polar surface area (TPSA) is 12.5 Å². The molecule has 0 aromatic heterocycles. The molecule has 0 radical (unpaired) electrons. The quantitative estimate of drug-likeness (QED) is 0.504. The Kier molecular flexibility index (Phi) is 0.997. The van der Waals surface area contributed by atoms with Crippen molar-refractivity contribution in [1.82, 2.24) is 0 Å². The minimum atomic E-state index is 0.120. The van der Waals surface area contributed by atoms with Crippen LogP contribution in [-0.4, -0.2) is 5.60 Å². The van der Waals surface area contributed by atoms with Gasteiger partial charge in [-0.15, -0.1) is 0 Å². The van der Waals surface area contributed by atoms with Crippen LogP contribution in [0.2, 0.25) is 0 Å². The van der Waals surface area contributed by atoms with Gasteiger partial charge in [0.25, 0.3) is 0 Å². The lowest BCUT2D eigenvalue weighted by molar-refractivity contribution is 0.244. The van der Waals surface area contributed by atoms with Crippen LogP contribution in [0, 0.1) is 5.92 Å². The molecule has 1 saturated heterocycles. The molecule has 0 aromatic carbocycles. The second kappa shape index (κ2) is 1.66. The molecule has 1 aliphatic carbocycles. The van der Waals surface area contributed by atoms with E-state index in [2.05, 4.69) is 32.1 Å². The summed E-state index contributed by atoms with van der Waals surface area (Å²) in [4.78, 5) is 0. The van der Waals surface area contributed by atoms with Gasteiger partial charge in [-0.2, -0.15) is 0 Å². The predicted molar refractivity (Wildman–Crippen MR) is 40.5 cm³/mol. The van der Waals surface area contributed by atoms with E-state index < -0.39 is 0 Å². The van der Waals surface area contributed by atoms with Crippen LogP contribution in [0.15, 0.2) is 24.0 Å². The smallest absolute Gasteiger partial charge is 0.171 e. The summed E-state index contributed by atoms with van der Waals surface area (Å²) in [5, 5.41) is 0. The molecule has 2 rings (SSSR count). The van der Waals surface area contributed by atoms with Crippen LogP contribution in [0.25, 0.3) is 0 Å². The van der Waals surface area contributed by atoms with Gasteiger partial charge in [0, 0.05) is 12.3 Å². The molecule has 0 amide bonds. The summed E-state index contributed by atoms with van der Waals surface area (Å²) in [6.45, 7) is 4.42. The van der Waals surface area contributed by atoms with Crippen molar-refractivity contribution in [3.05, 3.63) is 24.0 Å². The highest BCUT2D eigenvalue weighted by atomic mass is 16.6. The Morgan fingerprint density at radius 2 is 2.40 bits per heavy atom. The molecule has 10 heavy (non-hydrogen) atoms. The van der Waals surface area contributed by atoms with Crippen LogP contribution >= 0.6 is 0 Å². The molecule has 1 unspecified atom stereocenters. The highest BCUT2D eigenvalue weighted by molar-refractivity contribution is 5.35. The number of rotatable bonds is 1. The van der Waals surface area contributed by atoms with E-state index in [4.69, 9.17) is 4.74 Å². The first-order valence-corrected chi connectivity index (χ1v) is 3.82. The Hall–Kier alpha value is -0.720. The summed E-state index contributed by atoms with van der Waals surface area (Å²) < 4.78 is 5.53. The van der Waals surface area contributed by atoms with Crippen molar-refractivity contribution in [3.63, 3.8) is 0 Å². The first-order valence-electron chi connectivity index (χ1n) is 3.82. The first kappa shape index (κ1) is 6.02. The van der Waals surface area contributed by atoms with Crippen molar-refractivity contribution in [3.8, 4) is 0 Å². The molecule has 1 aliphatic heterocycles. The third-order valence-corrected chi connectivity index (χ3v) is 2.40. The van der Waals surface area contributed by atoms with Gasteiger partial charge in [-0.1, -0.05) is 26.0 Å². The summed E-state index contributed by atoms with van der Waals surface area (Å²) in [6, 6.07) is 0. The van der Waals surface area contributed by atoms with Gasteiger partial charge in [-0.05, 0) is 6.08 Å². The number of ether oxygens (including phenoxy) is 1. The van der Waals surface area contributed by atoms with E-state index in [1.165, 1.54) is 5.76 Å². The first-order chi connectivity index (χ1) is 4.76. The van der Waals surface area contributed by atoms with Crippen LogP contribution in [0.4, 0.5) is 0 Å². The number of epoxide rings is 1. The standard InChI is InChI=1S/C9H12O/c1-7(2)9-6-4-3-5-8(9)10-9/h3-5,7H,6H2,1-2H3. The maximum absolute atomic E-state index is 5.53. The third-order valence-electron chi connectivity index (χ3n) is 2.40. The summed E-state index contributed by atoms with van der Waals surface area (Å²) in [6.07, 6.45) is 7.39. The minimum Gasteiger partial charge on any atom is -0.479 e. The average molecular weight is 136 g/mol. The van der Waals surface area contributed by atoms with Gasteiger partial charge in [0.15, 0.2) is 5.60 Å². The van der Waals surface area contributed by atoms with Gasteiger partial charge >= 0.3 is 0 Å². The molecule has 0 bridgehead atoms. The van der Waals surface area contributed by atoms with E-state index in [9.17, 15) is 0 Å². The fourth-order valence-corrected chi connectivity index (χ4v) is 1.52. The average Bonchev–Trinajstić information content (AvgIpc) is 2.61. The van der Waals surface area contributed by atoms with Crippen LogP contribution in [0.3, 0.4) is 0 Å². The minimum absolute atomic E-state index is 0.120. The van der Waals surface area contributed by atoms with Gasteiger partial charge in [-0.25, -0.2) is 0 Å². The largest absolute Gasteiger partial charge is 0.479 e. The molecule has 1 heterocycles. The number of fused-ring (bicyclic) bond motifs is 1. The zero-order valence-electron chi connectivity index (χ0n) is 6.42. The van der Waals surface area contributed by atoms with Gasteiger partial charge < -0.3 is 4.74 Å². The summed E-state index contributed by atoms with van der Waals surface area (Å²) in [7, 11) is 0. The number of hydrogen-bond acceptors (Lipinski definition) is 1. The fourth-order valence-electron chi connectivity index (χ4n) is 1.52. The molecular weight excluding hydrogens is 124 g/mol. The van der Waals surface area contributed by atoms with Gasteiger partial charge in [0.1, 0.15) is 5.76 Å². The van der Waals surface area contributed by atoms with E-state index in [0.29, 0.717) is 5.92 Å². The number of allylic oxidation sites excluding steroid dienone is 2. The van der Waals surface area contributed by atoms with Gasteiger partial charge in [-0.3, -0.25) is 0 Å². The van der Waals surface area contributed by atoms with E-state index in [-0.39, 0.29) is 5.60 Å². The molecule has 54 valence electrons. The van der Waals surface area contributed by atoms with E-state index in [0.717, 1.165) is 6.42 Å². The van der Waals surface area contributed by atoms with Crippen LogP contribution in [-0.2, 0) is 4.74 Å². The highest BCUT2D eigenvalue weighted by Crippen LogP contribution is 2.51. The second-order valence-electron chi connectivity index (χ2n) is 3.31. The van der Waals surface area contributed by atoms with E-state index >= 15 is 0 Å². The van der Waals surface area contributed by atoms with Crippen molar-refractivity contribution in [2.45, 2.75) is 25.9 Å². The van der Waals surface area contributed by atoms with Crippen molar-refractivity contribution >= 4 is 0 Å². The maximum atomic E-state index is 5.53. The van der Waals surface area contributed by atoms with Crippen LogP contribution in [0.5, 0.6) is 0 Å². The predicted octanol–water partition coefficient (Wildman–Crippen LogP) is 2.26. The van der Waals surface area contributed by atoms with Crippen molar-refractivity contribution in [2.75, 3.05) is 0 Å². The Morgan fingerprint density at radius 1 is 1.60 bits per heavy atom. The normalized spacial score (nSPS) is 34.9. The summed E-state index contributed by atoms with van der Waals surface area (Å²) in [5.41, 5.74) is 0.120. The van der Waals surface area contributed by atoms with Crippen LogP contribution in [0.1, 0.15) is 20.3 Å². The lowest BCUT2D eigenvalue weighted by atomic mass is 9.89. The second-order valence-corrected chi connectivity index (χ2v) is 3.31. The highest BCUT2D eigenvalue weighted by Gasteiger charge is 2.54. The molecule has 0 spiro atoms. The summed E-state index contributed by atoms with van der Waals surface area (Å²) in [5.74, 6) is 1.80. The van der Waals surface area contributed by atoms with Crippen LogP contribution < -0.4 is 0 Å². The lowest BCUT2D eigenvalue weighted by Gasteiger charge is -2.11. The SMILES string of the molecule is CC(C)C12CC=CC=C1O2. The zero-order valence-corrected chi connectivity index (χ0v) is 6.42. The zero-order chi connectivity index (χ0) is 7.19. The molecule has 2 aliphatic rings.